The Balaban J connectivity index is 2.06. The van der Waals surface area contributed by atoms with Gasteiger partial charge in [-0.05, 0) is 41.3 Å². The van der Waals surface area contributed by atoms with Gasteiger partial charge in [-0.1, -0.05) is 50.2 Å². The van der Waals surface area contributed by atoms with Crippen molar-refractivity contribution in [1.29, 1.82) is 0 Å². The van der Waals surface area contributed by atoms with Crippen LogP contribution >= 0.6 is 0 Å². The van der Waals surface area contributed by atoms with Crippen LogP contribution in [-0.2, 0) is 16.1 Å². The number of esters is 1. The van der Waals surface area contributed by atoms with E-state index in [1.807, 2.05) is 36.4 Å². The first-order valence-corrected chi connectivity index (χ1v) is 10.5. The van der Waals surface area contributed by atoms with E-state index in [0.717, 1.165) is 32.9 Å². The molecule has 3 aromatic carbocycles. The molecule has 0 spiro atoms. The molecular formula is C26H26N2O4. The average molecular weight is 431 g/mol. The van der Waals surface area contributed by atoms with Gasteiger partial charge in [0.05, 0.1) is 23.5 Å². The molecule has 32 heavy (non-hydrogen) atoms. The number of carbonyl (C=O) groups is 2. The number of amides is 1. The molecule has 0 fully saturated rings. The summed E-state index contributed by atoms with van der Waals surface area (Å²) in [5, 5.41) is 1.49. The SMILES string of the molecule is COC(=O)COc1cc(C(C)C)cc2c1c1c(C(N)=O)cccc1n2Cc1ccccc1. The number of fused-ring (bicyclic) bond motifs is 3. The Bertz CT molecular complexity index is 1310. The summed E-state index contributed by atoms with van der Waals surface area (Å²) in [6.45, 7) is 4.59. The van der Waals surface area contributed by atoms with Crippen molar-refractivity contribution < 1.29 is 19.1 Å². The van der Waals surface area contributed by atoms with E-state index in [2.05, 4.69) is 36.6 Å². The first-order chi connectivity index (χ1) is 15.4. The van der Waals surface area contributed by atoms with Gasteiger partial charge in [-0.15, -0.1) is 0 Å². The molecule has 0 aliphatic heterocycles. The minimum atomic E-state index is -0.513. The number of nitrogens with zero attached hydrogens (tertiary/aromatic N) is 1. The second-order valence-corrected chi connectivity index (χ2v) is 8.07. The Kier molecular flexibility index (Phi) is 5.86. The Morgan fingerprint density at radius 3 is 2.38 bits per heavy atom. The van der Waals surface area contributed by atoms with Crippen molar-refractivity contribution >= 4 is 33.7 Å². The van der Waals surface area contributed by atoms with E-state index in [-0.39, 0.29) is 12.5 Å². The average Bonchev–Trinajstić information content (AvgIpc) is 3.11. The number of aromatic nitrogens is 1. The normalized spacial score (nSPS) is 11.2. The van der Waals surface area contributed by atoms with E-state index in [0.29, 0.717) is 17.9 Å². The van der Waals surface area contributed by atoms with Gasteiger partial charge in [-0.3, -0.25) is 4.79 Å². The lowest BCUT2D eigenvalue weighted by molar-refractivity contribution is -0.142. The van der Waals surface area contributed by atoms with Crippen molar-refractivity contribution in [3.05, 3.63) is 77.4 Å². The number of ether oxygens (including phenoxy) is 2. The van der Waals surface area contributed by atoms with Crippen LogP contribution in [0, 0.1) is 0 Å². The molecule has 1 heterocycles. The lowest BCUT2D eigenvalue weighted by atomic mass is 9.99. The van der Waals surface area contributed by atoms with Gasteiger partial charge < -0.3 is 19.8 Å². The van der Waals surface area contributed by atoms with Crippen LogP contribution in [0.2, 0.25) is 0 Å². The van der Waals surface area contributed by atoms with Crippen molar-refractivity contribution in [2.24, 2.45) is 5.73 Å². The third-order valence-corrected chi connectivity index (χ3v) is 5.67. The fourth-order valence-corrected chi connectivity index (χ4v) is 4.03. The van der Waals surface area contributed by atoms with Crippen molar-refractivity contribution in [1.82, 2.24) is 4.57 Å². The first-order valence-electron chi connectivity index (χ1n) is 10.5. The number of methoxy groups -OCH3 is 1. The largest absolute Gasteiger partial charge is 0.481 e. The monoisotopic (exact) mass is 430 g/mol. The second-order valence-electron chi connectivity index (χ2n) is 8.07. The van der Waals surface area contributed by atoms with Gasteiger partial charge in [0.1, 0.15) is 5.75 Å². The van der Waals surface area contributed by atoms with Gasteiger partial charge in [0.2, 0.25) is 5.91 Å². The summed E-state index contributed by atoms with van der Waals surface area (Å²) in [7, 11) is 1.32. The van der Waals surface area contributed by atoms with Crippen molar-refractivity contribution in [3.8, 4) is 5.75 Å². The number of benzene rings is 3. The summed E-state index contributed by atoms with van der Waals surface area (Å²) in [6, 6.07) is 19.7. The van der Waals surface area contributed by atoms with Crippen LogP contribution < -0.4 is 10.5 Å². The summed E-state index contributed by atoms with van der Waals surface area (Å²) in [5.74, 6) is -0.224. The maximum absolute atomic E-state index is 12.3. The summed E-state index contributed by atoms with van der Waals surface area (Å²) in [5.41, 5.74) is 10.1. The number of carbonyl (C=O) groups excluding carboxylic acids is 2. The molecule has 1 aromatic heterocycles. The third-order valence-electron chi connectivity index (χ3n) is 5.67. The van der Waals surface area contributed by atoms with Crippen LogP contribution in [0.15, 0.2) is 60.7 Å². The minimum Gasteiger partial charge on any atom is -0.481 e. The molecule has 6 heteroatoms. The smallest absolute Gasteiger partial charge is 0.343 e. The number of hydrogen-bond acceptors (Lipinski definition) is 4. The molecule has 6 nitrogen and oxygen atoms in total. The second kappa shape index (κ2) is 8.75. The quantitative estimate of drug-likeness (QED) is 0.434. The van der Waals surface area contributed by atoms with Crippen molar-refractivity contribution in [2.75, 3.05) is 13.7 Å². The van der Waals surface area contributed by atoms with Crippen molar-refractivity contribution in [2.45, 2.75) is 26.3 Å². The molecule has 0 aliphatic rings. The number of primary amides is 1. The molecule has 4 rings (SSSR count). The molecule has 0 atom stereocenters. The van der Waals surface area contributed by atoms with E-state index >= 15 is 0 Å². The summed E-state index contributed by atoms with van der Waals surface area (Å²) >= 11 is 0. The highest BCUT2D eigenvalue weighted by molar-refractivity contribution is 6.20. The van der Waals surface area contributed by atoms with Crippen LogP contribution in [-0.4, -0.2) is 30.2 Å². The standard InChI is InChI=1S/C26H26N2O4/c1-16(2)18-12-21-25(22(13-18)32-15-23(29)31-3)24-19(26(27)30)10-7-11-20(24)28(21)14-17-8-5-4-6-9-17/h4-13,16H,14-15H2,1-3H3,(H2,27,30). The van der Waals surface area contributed by atoms with E-state index in [9.17, 15) is 9.59 Å². The van der Waals surface area contributed by atoms with E-state index in [1.165, 1.54) is 7.11 Å². The van der Waals surface area contributed by atoms with Gasteiger partial charge in [0.25, 0.3) is 0 Å². The zero-order valence-corrected chi connectivity index (χ0v) is 18.4. The number of nitrogens with two attached hydrogens (primary N) is 1. The highest BCUT2D eigenvalue weighted by atomic mass is 16.6. The molecule has 0 unspecified atom stereocenters. The number of rotatable bonds is 7. The maximum Gasteiger partial charge on any atom is 0.343 e. The van der Waals surface area contributed by atoms with Crippen LogP contribution in [0.4, 0.5) is 0 Å². The molecule has 0 bridgehead atoms. The van der Waals surface area contributed by atoms with E-state index < -0.39 is 11.9 Å². The lowest BCUT2D eigenvalue weighted by Crippen LogP contribution is -2.13. The summed E-state index contributed by atoms with van der Waals surface area (Å²) < 4.78 is 12.9. The van der Waals surface area contributed by atoms with Gasteiger partial charge in [0.15, 0.2) is 6.61 Å². The van der Waals surface area contributed by atoms with E-state index in [1.54, 1.807) is 6.07 Å². The fourth-order valence-electron chi connectivity index (χ4n) is 4.03. The first kappa shape index (κ1) is 21.4. The maximum atomic E-state index is 12.3. The zero-order valence-electron chi connectivity index (χ0n) is 18.4. The fraction of sp³-hybridized carbons (Fsp3) is 0.231. The number of hydrogen-bond donors (Lipinski definition) is 1. The predicted octanol–water partition coefficient (Wildman–Crippen LogP) is 4.62. The Morgan fingerprint density at radius 1 is 0.969 bits per heavy atom. The topological polar surface area (TPSA) is 83.6 Å². The van der Waals surface area contributed by atoms with Crippen LogP contribution in [0.1, 0.15) is 41.3 Å². The molecule has 0 aliphatic carbocycles. The summed E-state index contributed by atoms with van der Waals surface area (Å²) in [4.78, 5) is 24.1. The van der Waals surface area contributed by atoms with Gasteiger partial charge in [-0.2, -0.15) is 0 Å². The molecular weight excluding hydrogens is 404 g/mol. The Morgan fingerprint density at radius 2 is 1.72 bits per heavy atom. The Hall–Kier alpha value is -3.80. The highest BCUT2D eigenvalue weighted by Gasteiger charge is 2.22. The highest BCUT2D eigenvalue weighted by Crippen LogP contribution is 2.40. The molecule has 2 N–H and O–H groups in total. The molecule has 4 aromatic rings. The van der Waals surface area contributed by atoms with Crippen LogP contribution in [0.3, 0.4) is 0 Å². The molecule has 0 radical (unpaired) electrons. The van der Waals surface area contributed by atoms with Crippen molar-refractivity contribution in [3.63, 3.8) is 0 Å². The molecule has 164 valence electrons. The van der Waals surface area contributed by atoms with Crippen LogP contribution in [0.25, 0.3) is 21.8 Å². The van der Waals surface area contributed by atoms with Gasteiger partial charge in [-0.25, -0.2) is 4.79 Å². The predicted molar refractivity (Wildman–Crippen MR) is 125 cm³/mol. The van der Waals surface area contributed by atoms with E-state index in [4.69, 9.17) is 15.2 Å². The lowest BCUT2D eigenvalue weighted by Gasteiger charge is -2.14. The third kappa shape index (κ3) is 3.91. The molecule has 0 saturated carbocycles. The zero-order chi connectivity index (χ0) is 22.8. The molecule has 1 amide bonds. The summed E-state index contributed by atoms with van der Waals surface area (Å²) in [6.07, 6.45) is 0. The molecule has 0 saturated heterocycles. The van der Waals surface area contributed by atoms with Gasteiger partial charge >= 0.3 is 5.97 Å². The minimum absolute atomic E-state index is 0.225. The van der Waals surface area contributed by atoms with Gasteiger partial charge in [0, 0.05) is 17.5 Å². The Labute approximate surface area is 186 Å². The van der Waals surface area contributed by atoms with Crippen LogP contribution in [0.5, 0.6) is 5.75 Å².